The number of carbonyl (C=O) groups excluding carboxylic acids is 1. The number of nitrogens with one attached hydrogen (secondary N) is 1. The molecule has 1 aliphatic rings. The molecule has 0 bridgehead atoms. The van der Waals surface area contributed by atoms with Crippen molar-refractivity contribution in [3.63, 3.8) is 0 Å². The van der Waals surface area contributed by atoms with Gasteiger partial charge in [0.25, 0.3) is 0 Å². The molecule has 1 atom stereocenters. The lowest BCUT2D eigenvalue weighted by molar-refractivity contribution is -0.130. The summed E-state index contributed by atoms with van der Waals surface area (Å²) in [7, 11) is 1.95. The molecule has 3 rings (SSSR count). The molecule has 0 radical (unpaired) electrons. The highest BCUT2D eigenvalue weighted by molar-refractivity contribution is 5.77. The molecule has 6 nitrogen and oxygen atoms in total. The Kier molecular flexibility index (Phi) is 4.83. The van der Waals surface area contributed by atoms with Gasteiger partial charge in [-0.3, -0.25) is 14.5 Å². The van der Waals surface area contributed by atoms with E-state index in [0.717, 1.165) is 43.0 Å². The molecule has 1 saturated heterocycles. The quantitative estimate of drug-likeness (QED) is 0.913. The molecule has 2 aromatic heterocycles. The van der Waals surface area contributed by atoms with Gasteiger partial charge in [0.05, 0.1) is 11.4 Å². The summed E-state index contributed by atoms with van der Waals surface area (Å²) in [5.74, 6) is 0.230. The monoisotopic (exact) mass is 327 g/mol. The first-order valence-electron chi connectivity index (χ1n) is 8.48. The summed E-state index contributed by atoms with van der Waals surface area (Å²) in [5.41, 5.74) is 4.40. The summed E-state index contributed by atoms with van der Waals surface area (Å²) in [6.45, 7) is 5.65. The molecule has 24 heavy (non-hydrogen) atoms. The standard InChI is InChI=1S/C18H25N5O/c1-13-17(14(2)22(3)21-13)6-7-18(24)23-10-8-16(12-23)20-15-5-4-9-19-11-15/h4-5,9,11,16,20H,6-8,10,12H2,1-3H3. The number of rotatable bonds is 5. The molecule has 0 saturated carbocycles. The number of hydrogen-bond acceptors (Lipinski definition) is 4. The van der Waals surface area contributed by atoms with E-state index >= 15 is 0 Å². The largest absolute Gasteiger partial charge is 0.379 e. The molecule has 6 heteroatoms. The second-order valence-corrected chi connectivity index (χ2v) is 6.48. The maximum atomic E-state index is 12.5. The van der Waals surface area contributed by atoms with Gasteiger partial charge >= 0.3 is 0 Å². The fraction of sp³-hybridized carbons (Fsp3) is 0.500. The maximum Gasteiger partial charge on any atom is 0.222 e. The Labute approximate surface area is 142 Å². The first kappa shape index (κ1) is 16.5. The fourth-order valence-corrected chi connectivity index (χ4v) is 3.36. The predicted octanol–water partition coefficient (Wildman–Crippen LogP) is 2.08. The Morgan fingerprint density at radius 3 is 2.92 bits per heavy atom. The van der Waals surface area contributed by atoms with E-state index in [2.05, 4.69) is 22.3 Å². The lowest BCUT2D eigenvalue weighted by atomic mass is 10.1. The average Bonchev–Trinajstić information content (AvgIpc) is 3.12. The number of pyridine rings is 1. The SMILES string of the molecule is Cc1nn(C)c(C)c1CCC(=O)N1CCC(Nc2cccnc2)C1. The topological polar surface area (TPSA) is 63.1 Å². The number of nitrogens with zero attached hydrogens (tertiary/aromatic N) is 4. The van der Waals surface area contributed by atoms with Gasteiger partial charge in [-0.15, -0.1) is 0 Å². The number of aromatic nitrogens is 3. The van der Waals surface area contributed by atoms with Crippen LogP contribution in [0.5, 0.6) is 0 Å². The van der Waals surface area contributed by atoms with Gasteiger partial charge in [-0.1, -0.05) is 0 Å². The molecular weight excluding hydrogens is 302 g/mol. The van der Waals surface area contributed by atoms with E-state index in [9.17, 15) is 4.79 Å². The van der Waals surface area contributed by atoms with Crippen LogP contribution in [0, 0.1) is 13.8 Å². The highest BCUT2D eigenvalue weighted by Crippen LogP contribution is 2.18. The minimum atomic E-state index is 0.230. The first-order chi connectivity index (χ1) is 11.5. The van der Waals surface area contributed by atoms with Crippen molar-refractivity contribution in [1.82, 2.24) is 19.7 Å². The zero-order valence-electron chi connectivity index (χ0n) is 14.6. The minimum Gasteiger partial charge on any atom is -0.379 e. The van der Waals surface area contributed by atoms with Crippen LogP contribution in [-0.2, 0) is 18.3 Å². The molecule has 1 fully saturated rings. The van der Waals surface area contributed by atoms with Crippen LogP contribution in [0.15, 0.2) is 24.5 Å². The summed E-state index contributed by atoms with van der Waals surface area (Å²) in [4.78, 5) is 18.6. The average molecular weight is 327 g/mol. The Morgan fingerprint density at radius 2 is 2.25 bits per heavy atom. The van der Waals surface area contributed by atoms with E-state index in [1.807, 2.05) is 41.9 Å². The summed E-state index contributed by atoms with van der Waals surface area (Å²) in [6, 6.07) is 4.23. The lowest BCUT2D eigenvalue weighted by Gasteiger charge is -2.17. The molecule has 1 aliphatic heterocycles. The van der Waals surface area contributed by atoms with Crippen LogP contribution in [0.25, 0.3) is 0 Å². The second kappa shape index (κ2) is 7.03. The van der Waals surface area contributed by atoms with Gasteiger partial charge in [0, 0.05) is 50.7 Å². The minimum absolute atomic E-state index is 0.230. The van der Waals surface area contributed by atoms with E-state index in [1.54, 1.807) is 6.20 Å². The van der Waals surface area contributed by atoms with Gasteiger partial charge in [-0.25, -0.2) is 0 Å². The molecule has 1 N–H and O–H groups in total. The van der Waals surface area contributed by atoms with Crippen molar-refractivity contribution in [2.75, 3.05) is 18.4 Å². The molecule has 0 aromatic carbocycles. The van der Waals surface area contributed by atoms with Crippen molar-refractivity contribution in [3.05, 3.63) is 41.5 Å². The Balaban J connectivity index is 1.51. The van der Waals surface area contributed by atoms with E-state index in [1.165, 1.54) is 5.56 Å². The summed E-state index contributed by atoms with van der Waals surface area (Å²) >= 11 is 0. The number of carbonyl (C=O) groups is 1. The second-order valence-electron chi connectivity index (χ2n) is 6.48. The van der Waals surface area contributed by atoms with Crippen LogP contribution in [0.1, 0.15) is 29.8 Å². The Morgan fingerprint density at radius 1 is 1.42 bits per heavy atom. The van der Waals surface area contributed by atoms with Gasteiger partial charge in [0.15, 0.2) is 0 Å². The zero-order chi connectivity index (χ0) is 17.1. The van der Waals surface area contributed by atoms with Crippen LogP contribution in [-0.4, -0.2) is 44.7 Å². The third-order valence-electron chi connectivity index (χ3n) is 4.82. The number of likely N-dealkylation sites (tertiary alicyclic amines) is 1. The number of amides is 1. The Hall–Kier alpha value is -2.37. The fourth-order valence-electron chi connectivity index (χ4n) is 3.36. The maximum absolute atomic E-state index is 12.5. The lowest BCUT2D eigenvalue weighted by Crippen LogP contribution is -2.31. The number of aryl methyl sites for hydroxylation is 2. The molecule has 0 spiro atoms. The van der Waals surface area contributed by atoms with Gasteiger partial charge < -0.3 is 10.2 Å². The normalized spacial score (nSPS) is 17.3. The molecule has 2 aromatic rings. The van der Waals surface area contributed by atoms with Crippen molar-refractivity contribution >= 4 is 11.6 Å². The van der Waals surface area contributed by atoms with Crippen molar-refractivity contribution in [2.45, 2.75) is 39.2 Å². The summed E-state index contributed by atoms with van der Waals surface area (Å²) in [5, 5.41) is 7.87. The molecular formula is C18H25N5O. The third-order valence-corrected chi connectivity index (χ3v) is 4.82. The predicted molar refractivity (Wildman–Crippen MR) is 93.8 cm³/mol. The summed E-state index contributed by atoms with van der Waals surface area (Å²) < 4.78 is 1.89. The number of anilines is 1. The highest BCUT2D eigenvalue weighted by Gasteiger charge is 2.26. The molecule has 1 amide bonds. The van der Waals surface area contributed by atoms with Crippen molar-refractivity contribution in [3.8, 4) is 0 Å². The third kappa shape index (κ3) is 3.58. The highest BCUT2D eigenvalue weighted by atomic mass is 16.2. The molecule has 128 valence electrons. The molecule has 1 unspecified atom stereocenters. The van der Waals surface area contributed by atoms with Gasteiger partial charge in [0.1, 0.15) is 0 Å². The molecule has 3 heterocycles. The number of hydrogen-bond donors (Lipinski definition) is 1. The van der Waals surface area contributed by atoms with Gasteiger partial charge in [0.2, 0.25) is 5.91 Å². The van der Waals surface area contributed by atoms with Crippen LogP contribution < -0.4 is 5.32 Å². The van der Waals surface area contributed by atoms with Gasteiger partial charge in [-0.05, 0) is 44.4 Å². The van der Waals surface area contributed by atoms with E-state index < -0.39 is 0 Å². The first-order valence-corrected chi connectivity index (χ1v) is 8.48. The summed E-state index contributed by atoms with van der Waals surface area (Å²) in [6.07, 6.45) is 5.87. The van der Waals surface area contributed by atoms with Crippen molar-refractivity contribution in [2.24, 2.45) is 7.05 Å². The van der Waals surface area contributed by atoms with Crippen LogP contribution >= 0.6 is 0 Å². The van der Waals surface area contributed by atoms with E-state index in [0.29, 0.717) is 12.5 Å². The van der Waals surface area contributed by atoms with Gasteiger partial charge in [-0.2, -0.15) is 5.10 Å². The zero-order valence-corrected chi connectivity index (χ0v) is 14.6. The van der Waals surface area contributed by atoms with Crippen LogP contribution in [0.4, 0.5) is 5.69 Å². The Bertz CT molecular complexity index is 710. The van der Waals surface area contributed by atoms with Crippen LogP contribution in [0.2, 0.25) is 0 Å². The smallest absolute Gasteiger partial charge is 0.222 e. The van der Waals surface area contributed by atoms with E-state index in [-0.39, 0.29) is 5.91 Å². The van der Waals surface area contributed by atoms with Crippen molar-refractivity contribution < 1.29 is 4.79 Å². The molecule has 0 aliphatic carbocycles. The van der Waals surface area contributed by atoms with E-state index in [4.69, 9.17) is 0 Å². The van der Waals surface area contributed by atoms with Crippen molar-refractivity contribution in [1.29, 1.82) is 0 Å². The van der Waals surface area contributed by atoms with Crippen LogP contribution in [0.3, 0.4) is 0 Å².